The Kier molecular flexibility index (Phi) is 6.21. The van der Waals surface area contributed by atoms with E-state index in [1.165, 1.54) is 32.1 Å². The highest BCUT2D eigenvalue weighted by Gasteiger charge is 2.19. The van der Waals surface area contributed by atoms with Gasteiger partial charge in [-0.15, -0.1) is 0 Å². The lowest BCUT2D eigenvalue weighted by Crippen LogP contribution is -2.36. The van der Waals surface area contributed by atoms with Gasteiger partial charge in [0.1, 0.15) is 0 Å². The first-order valence-electron chi connectivity index (χ1n) is 7.00. The van der Waals surface area contributed by atoms with Gasteiger partial charge >= 0.3 is 0 Å². The molecule has 0 heterocycles. The monoisotopic (exact) mass is 239 g/mol. The van der Waals surface area contributed by atoms with Crippen LogP contribution in [0, 0.1) is 0 Å². The van der Waals surface area contributed by atoms with Crippen LogP contribution >= 0.6 is 0 Å². The van der Waals surface area contributed by atoms with E-state index in [0.717, 1.165) is 13.0 Å². The lowest BCUT2D eigenvalue weighted by Gasteiger charge is -2.27. The summed E-state index contributed by atoms with van der Waals surface area (Å²) in [4.78, 5) is 0. The van der Waals surface area contributed by atoms with Crippen molar-refractivity contribution in [2.24, 2.45) is 0 Å². The van der Waals surface area contributed by atoms with Gasteiger partial charge in [0.05, 0.1) is 5.60 Å². The summed E-state index contributed by atoms with van der Waals surface area (Å²) in [5, 5.41) is 3.60. The molecule has 1 N–H and O–H groups in total. The third-order valence-electron chi connectivity index (χ3n) is 3.67. The number of hydrogen-bond donors (Lipinski definition) is 1. The maximum absolute atomic E-state index is 5.45. The Morgan fingerprint density at radius 2 is 2.18 bits per heavy atom. The Balaban J connectivity index is 2.15. The molecule has 1 unspecified atom stereocenters. The molecule has 0 aromatic carbocycles. The first-order chi connectivity index (χ1) is 8.03. The van der Waals surface area contributed by atoms with Crippen LogP contribution in [-0.2, 0) is 4.74 Å². The third-order valence-corrected chi connectivity index (χ3v) is 3.67. The molecular formula is C15H29NO. The van der Waals surface area contributed by atoms with Crippen molar-refractivity contribution in [2.75, 3.05) is 13.7 Å². The minimum Gasteiger partial charge on any atom is -0.379 e. The Hall–Kier alpha value is -0.340. The van der Waals surface area contributed by atoms with E-state index < -0.39 is 0 Å². The van der Waals surface area contributed by atoms with Crippen molar-refractivity contribution >= 4 is 0 Å². The van der Waals surface area contributed by atoms with Crippen molar-refractivity contribution in [1.29, 1.82) is 0 Å². The fourth-order valence-electron chi connectivity index (χ4n) is 2.50. The maximum atomic E-state index is 5.45. The van der Waals surface area contributed by atoms with Gasteiger partial charge in [0.2, 0.25) is 0 Å². The van der Waals surface area contributed by atoms with E-state index in [4.69, 9.17) is 4.74 Å². The SMILES string of the molecule is COC(C)(C)CC(C)NCCC1=CCCCC1. The first-order valence-corrected chi connectivity index (χ1v) is 7.00. The highest BCUT2D eigenvalue weighted by molar-refractivity contribution is 5.05. The predicted molar refractivity (Wildman–Crippen MR) is 74.3 cm³/mol. The van der Waals surface area contributed by atoms with Crippen molar-refractivity contribution in [2.45, 2.75) is 70.9 Å². The second kappa shape index (κ2) is 7.17. The van der Waals surface area contributed by atoms with Gasteiger partial charge in [-0.3, -0.25) is 0 Å². The van der Waals surface area contributed by atoms with E-state index in [1.807, 2.05) is 0 Å². The van der Waals surface area contributed by atoms with Gasteiger partial charge in [-0.2, -0.15) is 0 Å². The van der Waals surface area contributed by atoms with E-state index in [2.05, 4.69) is 32.2 Å². The highest BCUT2D eigenvalue weighted by Crippen LogP contribution is 2.20. The molecule has 0 spiro atoms. The molecular weight excluding hydrogens is 210 g/mol. The first kappa shape index (κ1) is 14.7. The molecule has 0 bridgehead atoms. The van der Waals surface area contributed by atoms with Crippen LogP contribution in [0.1, 0.15) is 59.3 Å². The van der Waals surface area contributed by atoms with Crippen molar-refractivity contribution in [1.82, 2.24) is 5.32 Å². The van der Waals surface area contributed by atoms with Gasteiger partial charge in [-0.05, 0) is 65.8 Å². The topological polar surface area (TPSA) is 21.3 Å². The quantitative estimate of drug-likeness (QED) is 0.684. The van der Waals surface area contributed by atoms with Crippen LogP contribution in [0.5, 0.6) is 0 Å². The summed E-state index contributed by atoms with van der Waals surface area (Å²) in [6.07, 6.45) is 10.1. The number of methoxy groups -OCH3 is 1. The molecule has 100 valence electrons. The number of hydrogen-bond acceptors (Lipinski definition) is 2. The summed E-state index contributed by atoms with van der Waals surface area (Å²) < 4.78 is 5.45. The Bertz CT molecular complexity index is 245. The summed E-state index contributed by atoms with van der Waals surface area (Å²) in [5.74, 6) is 0. The molecule has 0 saturated carbocycles. The fraction of sp³-hybridized carbons (Fsp3) is 0.867. The van der Waals surface area contributed by atoms with Gasteiger partial charge in [0, 0.05) is 13.2 Å². The standard InChI is InChI=1S/C15H29NO/c1-13(12-15(2,3)17-4)16-11-10-14-8-6-5-7-9-14/h8,13,16H,5-7,9-12H2,1-4H3. The second-order valence-electron chi connectivity index (χ2n) is 5.88. The lowest BCUT2D eigenvalue weighted by molar-refractivity contribution is 0.00865. The van der Waals surface area contributed by atoms with Gasteiger partial charge in [0.25, 0.3) is 0 Å². The summed E-state index contributed by atoms with van der Waals surface area (Å²) in [5.41, 5.74) is 1.64. The summed E-state index contributed by atoms with van der Waals surface area (Å²) in [6, 6.07) is 0.522. The molecule has 1 rings (SSSR count). The molecule has 0 fully saturated rings. The van der Waals surface area contributed by atoms with E-state index in [9.17, 15) is 0 Å². The zero-order valence-corrected chi connectivity index (χ0v) is 12.0. The Morgan fingerprint density at radius 1 is 1.41 bits per heavy atom. The van der Waals surface area contributed by atoms with E-state index in [0.29, 0.717) is 6.04 Å². The second-order valence-corrected chi connectivity index (χ2v) is 5.88. The maximum Gasteiger partial charge on any atom is 0.0637 e. The third kappa shape index (κ3) is 6.23. The van der Waals surface area contributed by atoms with Crippen LogP contribution in [-0.4, -0.2) is 25.3 Å². The predicted octanol–water partition coefficient (Wildman–Crippen LogP) is 3.67. The molecule has 0 saturated heterocycles. The molecule has 17 heavy (non-hydrogen) atoms. The van der Waals surface area contributed by atoms with Gasteiger partial charge < -0.3 is 10.1 Å². The van der Waals surface area contributed by atoms with E-state index >= 15 is 0 Å². The van der Waals surface area contributed by atoms with Crippen LogP contribution in [0.4, 0.5) is 0 Å². The highest BCUT2D eigenvalue weighted by atomic mass is 16.5. The van der Waals surface area contributed by atoms with E-state index in [-0.39, 0.29) is 5.60 Å². The molecule has 0 aromatic rings. The normalized spacial score (nSPS) is 18.9. The number of ether oxygens (including phenoxy) is 1. The average molecular weight is 239 g/mol. The Labute approximate surface area is 107 Å². The summed E-state index contributed by atoms with van der Waals surface area (Å²) >= 11 is 0. The minimum absolute atomic E-state index is 0.0173. The summed E-state index contributed by atoms with van der Waals surface area (Å²) in [7, 11) is 1.79. The molecule has 2 nitrogen and oxygen atoms in total. The molecule has 0 amide bonds. The van der Waals surface area contributed by atoms with Crippen LogP contribution in [0.2, 0.25) is 0 Å². The number of allylic oxidation sites excluding steroid dienone is 1. The minimum atomic E-state index is -0.0173. The van der Waals surface area contributed by atoms with Gasteiger partial charge in [-0.25, -0.2) is 0 Å². The van der Waals surface area contributed by atoms with E-state index in [1.54, 1.807) is 12.7 Å². The molecule has 0 aromatic heterocycles. The molecule has 1 atom stereocenters. The summed E-state index contributed by atoms with van der Waals surface area (Å²) in [6.45, 7) is 7.65. The zero-order valence-electron chi connectivity index (χ0n) is 12.0. The molecule has 0 aliphatic heterocycles. The lowest BCUT2D eigenvalue weighted by atomic mass is 9.96. The Morgan fingerprint density at radius 3 is 2.76 bits per heavy atom. The van der Waals surface area contributed by atoms with Gasteiger partial charge in [0.15, 0.2) is 0 Å². The molecule has 1 aliphatic rings. The van der Waals surface area contributed by atoms with Crippen LogP contribution in [0.15, 0.2) is 11.6 Å². The largest absolute Gasteiger partial charge is 0.379 e. The van der Waals surface area contributed by atoms with Crippen molar-refractivity contribution in [3.05, 3.63) is 11.6 Å². The average Bonchev–Trinajstić information content (AvgIpc) is 2.30. The van der Waals surface area contributed by atoms with Crippen LogP contribution in [0.3, 0.4) is 0 Å². The van der Waals surface area contributed by atoms with Crippen molar-refractivity contribution < 1.29 is 4.74 Å². The molecule has 1 aliphatic carbocycles. The van der Waals surface area contributed by atoms with Crippen molar-refractivity contribution in [3.63, 3.8) is 0 Å². The number of nitrogens with one attached hydrogen (secondary N) is 1. The van der Waals surface area contributed by atoms with Crippen LogP contribution in [0.25, 0.3) is 0 Å². The molecule has 2 heteroatoms. The van der Waals surface area contributed by atoms with Crippen LogP contribution < -0.4 is 5.32 Å². The smallest absolute Gasteiger partial charge is 0.0637 e. The zero-order chi connectivity index (χ0) is 12.7. The van der Waals surface area contributed by atoms with Crippen molar-refractivity contribution in [3.8, 4) is 0 Å². The van der Waals surface area contributed by atoms with Gasteiger partial charge in [-0.1, -0.05) is 11.6 Å². The fourth-order valence-corrected chi connectivity index (χ4v) is 2.50. The molecule has 0 radical (unpaired) electrons. The number of rotatable bonds is 7.